The number of nitrogens with zero attached hydrogens (tertiary/aromatic N) is 4. The van der Waals surface area contributed by atoms with Gasteiger partial charge < -0.3 is 9.84 Å². The second kappa shape index (κ2) is 8.28. The number of pyridine rings is 1. The Morgan fingerprint density at radius 3 is 2.63 bits per heavy atom. The van der Waals surface area contributed by atoms with E-state index >= 15 is 0 Å². The zero-order valence-electron chi connectivity index (χ0n) is 17.4. The summed E-state index contributed by atoms with van der Waals surface area (Å²) >= 11 is 0. The Hall–Kier alpha value is -2.57. The molecule has 3 aromatic rings. The average molecular weight is 405 g/mol. The molecule has 6 nitrogen and oxygen atoms in total. The molecule has 1 saturated carbocycles. The van der Waals surface area contributed by atoms with Crippen molar-refractivity contribution in [2.24, 2.45) is 5.92 Å². The lowest BCUT2D eigenvalue weighted by molar-refractivity contribution is -0.0595. The summed E-state index contributed by atoms with van der Waals surface area (Å²) in [5, 5.41) is 10.9. The summed E-state index contributed by atoms with van der Waals surface area (Å²) < 4.78 is 5.42. The van der Waals surface area contributed by atoms with E-state index < -0.39 is 0 Å². The average Bonchev–Trinajstić information content (AvgIpc) is 2.74. The van der Waals surface area contributed by atoms with E-state index in [0.717, 1.165) is 53.3 Å². The fraction of sp³-hybridized carbons (Fsp3) is 0.458. The number of hydrogen-bond acceptors (Lipinski definition) is 6. The quantitative estimate of drug-likeness (QED) is 0.697. The largest absolute Gasteiger partial charge is 0.506 e. The lowest BCUT2D eigenvalue weighted by Gasteiger charge is -2.46. The van der Waals surface area contributed by atoms with Crippen LogP contribution in [0, 0.1) is 5.92 Å². The van der Waals surface area contributed by atoms with Gasteiger partial charge in [-0.25, -0.2) is 9.97 Å². The van der Waals surface area contributed by atoms with Crippen LogP contribution < -0.4 is 0 Å². The van der Waals surface area contributed by atoms with Crippen molar-refractivity contribution in [2.45, 2.75) is 44.2 Å². The van der Waals surface area contributed by atoms with E-state index in [4.69, 9.17) is 4.74 Å². The molecule has 1 N–H and O–H groups in total. The van der Waals surface area contributed by atoms with Gasteiger partial charge in [0.2, 0.25) is 0 Å². The molecule has 0 amide bonds. The smallest absolute Gasteiger partial charge is 0.134 e. The molecule has 3 heterocycles. The third-order valence-corrected chi connectivity index (χ3v) is 6.80. The van der Waals surface area contributed by atoms with Crippen LogP contribution in [0.25, 0.3) is 22.0 Å². The molecular formula is C24H28N4O2. The Morgan fingerprint density at radius 2 is 1.87 bits per heavy atom. The van der Waals surface area contributed by atoms with Crippen molar-refractivity contribution < 1.29 is 9.84 Å². The molecule has 0 unspecified atom stereocenters. The van der Waals surface area contributed by atoms with Crippen LogP contribution in [0.4, 0.5) is 0 Å². The lowest BCUT2D eigenvalue weighted by Crippen LogP contribution is -2.56. The van der Waals surface area contributed by atoms with E-state index in [0.29, 0.717) is 12.0 Å². The van der Waals surface area contributed by atoms with Crippen molar-refractivity contribution in [3.05, 3.63) is 48.7 Å². The second-order valence-electron chi connectivity index (χ2n) is 8.67. The topological polar surface area (TPSA) is 71.4 Å². The maximum Gasteiger partial charge on any atom is 0.134 e. The molecule has 0 bridgehead atoms. The first-order valence-electron chi connectivity index (χ1n) is 10.8. The van der Waals surface area contributed by atoms with Crippen LogP contribution in [0.3, 0.4) is 0 Å². The minimum absolute atomic E-state index is 0.174. The van der Waals surface area contributed by atoms with Crippen LogP contribution in [0.1, 0.15) is 31.4 Å². The summed E-state index contributed by atoms with van der Waals surface area (Å²) in [6, 6.07) is 8.66. The Bertz CT molecular complexity index is 1030. The molecule has 0 spiro atoms. The molecule has 2 fully saturated rings. The van der Waals surface area contributed by atoms with Crippen molar-refractivity contribution >= 4 is 10.9 Å². The molecule has 1 aromatic carbocycles. The molecular weight excluding hydrogens is 376 g/mol. The number of benzene rings is 1. The van der Waals surface area contributed by atoms with Crippen molar-refractivity contribution in [3.63, 3.8) is 0 Å². The van der Waals surface area contributed by atoms with Gasteiger partial charge in [-0.1, -0.05) is 6.07 Å². The fourth-order valence-corrected chi connectivity index (χ4v) is 4.94. The standard InChI is InChI=1S/C24H28N4O2/c1-30-21-13-28(14-21)19-5-2-16(3-6-19)8-24-22-10-17(4-7-23(22)26-15-27-24)18-9-20(29)12-25-11-18/h4,7,9-12,15-16,19,21,29H,2-3,5-6,8,13-14H2,1H3/t16-,19-. The molecule has 6 heteroatoms. The highest BCUT2D eigenvalue weighted by Gasteiger charge is 2.34. The molecule has 0 radical (unpaired) electrons. The molecule has 0 atom stereocenters. The van der Waals surface area contributed by atoms with E-state index in [2.05, 4.69) is 25.9 Å². The summed E-state index contributed by atoms with van der Waals surface area (Å²) in [4.78, 5) is 15.8. The van der Waals surface area contributed by atoms with E-state index in [1.807, 2.05) is 19.2 Å². The highest BCUT2D eigenvalue weighted by atomic mass is 16.5. The molecule has 1 saturated heterocycles. The summed E-state index contributed by atoms with van der Waals surface area (Å²) in [5.74, 6) is 0.845. The SMILES string of the molecule is COC1CN([C@H]2CC[C@H](Cc3ncnc4ccc(-c5cncc(O)c5)cc34)CC2)C1. The molecule has 30 heavy (non-hydrogen) atoms. The number of methoxy groups -OCH3 is 1. The number of ether oxygens (including phenoxy) is 1. The number of hydrogen-bond donors (Lipinski definition) is 1. The number of fused-ring (bicyclic) bond motifs is 1. The fourth-order valence-electron chi connectivity index (χ4n) is 4.94. The third kappa shape index (κ3) is 3.89. The van der Waals surface area contributed by atoms with Gasteiger partial charge in [0.25, 0.3) is 0 Å². The van der Waals surface area contributed by atoms with Crippen molar-refractivity contribution in [3.8, 4) is 16.9 Å². The van der Waals surface area contributed by atoms with E-state index in [1.165, 1.54) is 31.9 Å². The van der Waals surface area contributed by atoms with Gasteiger partial charge in [-0.15, -0.1) is 0 Å². The Kier molecular flexibility index (Phi) is 5.35. The van der Waals surface area contributed by atoms with Crippen molar-refractivity contribution in [1.29, 1.82) is 0 Å². The van der Waals surface area contributed by atoms with Crippen LogP contribution >= 0.6 is 0 Å². The summed E-state index contributed by atoms with van der Waals surface area (Å²) in [6.45, 7) is 2.18. The van der Waals surface area contributed by atoms with Gasteiger partial charge in [0.15, 0.2) is 0 Å². The van der Waals surface area contributed by atoms with Gasteiger partial charge in [-0.2, -0.15) is 0 Å². The number of rotatable bonds is 5. The van der Waals surface area contributed by atoms with Gasteiger partial charge in [0.05, 0.1) is 23.5 Å². The van der Waals surface area contributed by atoms with Crippen LogP contribution in [0.2, 0.25) is 0 Å². The Labute approximate surface area is 176 Å². The minimum atomic E-state index is 0.174. The number of likely N-dealkylation sites (tertiary alicyclic amines) is 1. The minimum Gasteiger partial charge on any atom is -0.506 e. The predicted octanol–water partition coefficient (Wildman–Crippen LogP) is 3.83. The molecule has 2 aromatic heterocycles. The summed E-state index contributed by atoms with van der Waals surface area (Å²) in [6.07, 6.45) is 11.4. The summed E-state index contributed by atoms with van der Waals surface area (Å²) in [7, 11) is 1.81. The first kappa shape index (κ1) is 19.4. The first-order chi connectivity index (χ1) is 14.7. The second-order valence-corrected chi connectivity index (χ2v) is 8.67. The molecule has 1 aliphatic heterocycles. The zero-order valence-corrected chi connectivity index (χ0v) is 17.4. The predicted molar refractivity (Wildman–Crippen MR) is 116 cm³/mol. The van der Waals surface area contributed by atoms with Crippen LogP contribution in [0.5, 0.6) is 5.75 Å². The van der Waals surface area contributed by atoms with E-state index in [-0.39, 0.29) is 5.75 Å². The zero-order chi connectivity index (χ0) is 20.5. The van der Waals surface area contributed by atoms with Gasteiger partial charge in [-0.3, -0.25) is 9.88 Å². The van der Waals surface area contributed by atoms with E-state index in [9.17, 15) is 5.11 Å². The highest BCUT2D eigenvalue weighted by Crippen LogP contribution is 2.34. The van der Waals surface area contributed by atoms with E-state index in [1.54, 1.807) is 18.6 Å². The monoisotopic (exact) mass is 404 g/mol. The van der Waals surface area contributed by atoms with Gasteiger partial charge in [0.1, 0.15) is 12.1 Å². The summed E-state index contributed by atoms with van der Waals surface area (Å²) in [5.41, 5.74) is 4.02. The molecule has 1 aliphatic carbocycles. The first-order valence-corrected chi connectivity index (χ1v) is 10.8. The van der Waals surface area contributed by atoms with Gasteiger partial charge >= 0.3 is 0 Å². The lowest BCUT2D eigenvalue weighted by atomic mass is 9.81. The van der Waals surface area contributed by atoms with Crippen LogP contribution in [0.15, 0.2) is 43.0 Å². The highest BCUT2D eigenvalue weighted by molar-refractivity contribution is 5.86. The maximum atomic E-state index is 9.77. The van der Waals surface area contributed by atoms with Crippen LogP contribution in [-0.2, 0) is 11.2 Å². The number of aromatic hydroxyl groups is 1. The van der Waals surface area contributed by atoms with Crippen LogP contribution in [-0.4, -0.2) is 57.3 Å². The normalized spacial score (nSPS) is 22.8. The Balaban J connectivity index is 1.30. The maximum absolute atomic E-state index is 9.77. The molecule has 2 aliphatic rings. The Morgan fingerprint density at radius 1 is 1.03 bits per heavy atom. The van der Waals surface area contributed by atoms with Gasteiger partial charge in [-0.05, 0) is 61.8 Å². The molecule has 156 valence electrons. The molecule has 5 rings (SSSR count). The third-order valence-electron chi connectivity index (χ3n) is 6.80. The van der Waals surface area contributed by atoms with Crippen molar-refractivity contribution in [2.75, 3.05) is 20.2 Å². The van der Waals surface area contributed by atoms with Gasteiger partial charge in [0, 0.05) is 43.4 Å². The van der Waals surface area contributed by atoms with Crippen molar-refractivity contribution in [1.82, 2.24) is 19.9 Å². The number of aromatic nitrogens is 3.